The lowest BCUT2D eigenvalue weighted by atomic mass is 10.1. The molecular weight excluding hydrogens is 390 g/mol. The maximum atomic E-state index is 12.3. The van der Waals surface area contributed by atoms with Crippen molar-refractivity contribution in [2.75, 3.05) is 4.90 Å². The fraction of sp³-hybridized carbons (Fsp3) is 0.118. The van der Waals surface area contributed by atoms with Crippen molar-refractivity contribution < 1.29 is 9.59 Å². The van der Waals surface area contributed by atoms with E-state index in [0.717, 1.165) is 15.6 Å². The number of nitrogens with one attached hydrogen (secondary N) is 1. The van der Waals surface area contributed by atoms with Gasteiger partial charge in [0.25, 0.3) is 11.7 Å². The van der Waals surface area contributed by atoms with Gasteiger partial charge in [0.2, 0.25) is 0 Å². The lowest BCUT2D eigenvalue weighted by Gasteiger charge is -2.18. The zero-order valence-electron chi connectivity index (χ0n) is 12.6. The predicted molar refractivity (Wildman–Crippen MR) is 99.3 cm³/mol. The van der Waals surface area contributed by atoms with Crippen molar-refractivity contribution in [3.05, 3.63) is 63.6 Å². The first kappa shape index (κ1) is 16.7. The minimum atomic E-state index is -0.506. The molecule has 0 spiro atoms. The fourth-order valence-corrected chi connectivity index (χ4v) is 3.64. The van der Waals surface area contributed by atoms with Gasteiger partial charge in [-0.2, -0.15) is 0 Å². The van der Waals surface area contributed by atoms with Crippen molar-refractivity contribution in [3.8, 4) is 0 Å². The van der Waals surface area contributed by atoms with Gasteiger partial charge >= 0.3 is 0 Å². The third-order valence-electron chi connectivity index (χ3n) is 3.70. The number of para-hydroxylation sites is 1. The molecule has 3 N–H and O–H groups in total. The number of Topliss-reactive ketones (excluding diaryl/α,β-unsaturated/α-hetero) is 1. The summed E-state index contributed by atoms with van der Waals surface area (Å²) in [4.78, 5) is 25.9. The lowest BCUT2D eigenvalue weighted by Crippen LogP contribution is -2.29. The molecule has 5 nitrogen and oxygen atoms in total. The highest BCUT2D eigenvalue weighted by Gasteiger charge is 2.37. The second kappa shape index (κ2) is 6.78. The fourth-order valence-electron chi connectivity index (χ4n) is 2.55. The van der Waals surface area contributed by atoms with E-state index in [0.29, 0.717) is 23.5 Å². The molecule has 1 aliphatic heterocycles. The topological polar surface area (TPSA) is 87.2 Å². The molecule has 0 aromatic heterocycles. The van der Waals surface area contributed by atoms with Crippen LogP contribution in [0.25, 0.3) is 0 Å². The van der Waals surface area contributed by atoms with Crippen LogP contribution in [0, 0.1) is 5.41 Å². The molecule has 1 amide bonds. The number of carbonyl (C=O) groups excluding carboxylic acids is 2. The monoisotopic (exact) mass is 403 g/mol. The summed E-state index contributed by atoms with van der Waals surface area (Å²) in [5.41, 5.74) is 8.37. The first-order chi connectivity index (χ1) is 11.5. The number of fused-ring (bicyclic) bond motifs is 1. The van der Waals surface area contributed by atoms with E-state index in [1.54, 1.807) is 12.1 Å². The number of nitrogens with two attached hydrogens (primary N) is 1. The number of halogens is 1. The molecule has 1 heterocycles. The van der Waals surface area contributed by atoms with Crippen LogP contribution >= 0.6 is 27.7 Å². The SMILES string of the molecule is N=C(N)SCc1ccc(CN2C(=O)C(=O)c3cccc(Br)c32)cc1. The summed E-state index contributed by atoms with van der Waals surface area (Å²) >= 11 is 4.68. The number of nitrogens with zero attached hydrogens (tertiary/aromatic N) is 1. The summed E-state index contributed by atoms with van der Waals surface area (Å²) < 4.78 is 0.730. The van der Waals surface area contributed by atoms with Crippen LogP contribution in [0.4, 0.5) is 5.69 Å². The van der Waals surface area contributed by atoms with Crippen LogP contribution in [0.1, 0.15) is 21.5 Å². The van der Waals surface area contributed by atoms with Crippen LogP contribution in [-0.4, -0.2) is 16.9 Å². The van der Waals surface area contributed by atoms with Gasteiger partial charge in [-0.25, -0.2) is 0 Å². The molecule has 0 unspecified atom stereocenters. The summed E-state index contributed by atoms with van der Waals surface area (Å²) in [5.74, 6) is -0.348. The van der Waals surface area contributed by atoms with E-state index in [9.17, 15) is 9.59 Å². The molecule has 7 heteroatoms. The van der Waals surface area contributed by atoms with E-state index in [1.807, 2.05) is 30.3 Å². The first-order valence-corrected chi connectivity index (χ1v) is 8.94. The Morgan fingerprint density at radius 2 is 1.79 bits per heavy atom. The number of amides is 1. The maximum absolute atomic E-state index is 12.3. The van der Waals surface area contributed by atoms with Crippen molar-refractivity contribution in [2.45, 2.75) is 12.3 Å². The van der Waals surface area contributed by atoms with E-state index in [2.05, 4.69) is 15.9 Å². The number of ketones is 1. The van der Waals surface area contributed by atoms with Crippen LogP contribution in [0.15, 0.2) is 46.9 Å². The molecule has 0 fully saturated rings. The molecule has 0 aliphatic carbocycles. The van der Waals surface area contributed by atoms with Gasteiger partial charge in [0.15, 0.2) is 5.17 Å². The Kier molecular flexibility index (Phi) is 4.73. The zero-order chi connectivity index (χ0) is 17.3. The Hall–Kier alpha value is -2.12. The molecule has 0 saturated heterocycles. The average molecular weight is 404 g/mol. The van der Waals surface area contributed by atoms with E-state index < -0.39 is 11.7 Å². The van der Waals surface area contributed by atoms with E-state index in [4.69, 9.17) is 11.1 Å². The van der Waals surface area contributed by atoms with E-state index in [-0.39, 0.29) is 5.17 Å². The first-order valence-electron chi connectivity index (χ1n) is 7.16. The van der Waals surface area contributed by atoms with Crippen LogP contribution in [-0.2, 0) is 17.1 Å². The molecule has 2 aromatic carbocycles. The van der Waals surface area contributed by atoms with E-state index >= 15 is 0 Å². The Labute approximate surface area is 151 Å². The second-order valence-electron chi connectivity index (χ2n) is 5.33. The van der Waals surface area contributed by atoms with Gasteiger partial charge in [-0.05, 0) is 39.2 Å². The number of thioether (sulfide) groups is 1. The van der Waals surface area contributed by atoms with Crippen molar-refractivity contribution in [1.29, 1.82) is 5.41 Å². The number of carbonyl (C=O) groups is 2. The summed E-state index contributed by atoms with van der Waals surface area (Å²) in [6, 6.07) is 13.0. The van der Waals surface area contributed by atoms with Crippen LogP contribution in [0.3, 0.4) is 0 Å². The Balaban J connectivity index is 1.81. The smallest absolute Gasteiger partial charge is 0.299 e. The molecule has 24 heavy (non-hydrogen) atoms. The number of amidine groups is 1. The molecule has 0 bridgehead atoms. The van der Waals surface area contributed by atoms with Crippen LogP contribution in [0.2, 0.25) is 0 Å². The summed E-state index contributed by atoms with van der Waals surface area (Å²) in [7, 11) is 0. The number of benzene rings is 2. The largest absolute Gasteiger partial charge is 0.379 e. The third kappa shape index (κ3) is 3.22. The minimum Gasteiger partial charge on any atom is -0.379 e. The molecule has 0 atom stereocenters. The van der Waals surface area contributed by atoms with Gasteiger partial charge in [-0.1, -0.05) is 42.1 Å². The molecule has 0 saturated carbocycles. The zero-order valence-corrected chi connectivity index (χ0v) is 15.0. The summed E-state index contributed by atoms with van der Waals surface area (Å²) in [6.45, 7) is 0.334. The third-order valence-corrected chi connectivity index (χ3v) is 5.13. The lowest BCUT2D eigenvalue weighted by molar-refractivity contribution is -0.114. The molecule has 1 aliphatic rings. The standard InChI is InChI=1S/C17H14BrN3O2S/c18-13-3-1-2-12-14(13)21(16(23)15(12)22)8-10-4-6-11(7-5-10)9-24-17(19)20/h1-7H,8-9H2,(H3,19,20). The van der Waals surface area contributed by atoms with Crippen LogP contribution in [0.5, 0.6) is 0 Å². The molecule has 122 valence electrons. The van der Waals surface area contributed by atoms with Gasteiger partial charge in [0.05, 0.1) is 17.8 Å². The number of rotatable bonds is 4. The highest BCUT2D eigenvalue weighted by atomic mass is 79.9. The predicted octanol–water partition coefficient (Wildman–Crippen LogP) is 3.31. The quantitative estimate of drug-likeness (QED) is 0.465. The highest BCUT2D eigenvalue weighted by molar-refractivity contribution is 9.10. The van der Waals surface area contributed by atoms with Gasteiger partial charge in [-0.3, -0.25) is 19.9 Å². The molecular formula is C17H14BrN3O2S. The molecule has 2 aromatic rings. The summed E-state index contributed by atoms with van der Waals surface area (Å²) in [5, 5.41) is 7.31. The number of hydrogen-bond acceptors (Lipinski definition) is 4. The van der Waals surface area contributed by atoms with Gasteiger partial charge in [-0.15, -0.1) is 0 Å². The van der Waals surface area contributed by atoms with Crippen molar-refractivity contribution in [1.82, 2.24) is 0 Å². The van der Waals surface area contributed by atoms with Gasteiger partial charge in [0.1, 0.15) is 0 Å². The van der Waals surface area contributed by atoms with E-state index in [1.165, 1.54) is 16.7 Å². The van der Waals surface area contributed by atoms with Gasteiger partial charge in [0, 0.05) is 10.2 Å². The Morgan fingerprint density at radius 1 is 1.12 bits per heavy atom. The highest BCUT2D eigenvalue weighted by Crippen LogP contribution is 2.36. The average Bonchev–Trinajstić information content (AvgIpc) is 2.80. The second-order valence-corrected chi connectivity index (χ2v) is 7.20. The number of hydrogen-bond donors (Lipinski definition) is 2. The van der Waals surface area contributed by atoms with Crippen molar-refractivity contribution >= 4 is 50.2 Å². The maximum Gasteiger partial charge on any atom is 0.299 e. The molecule has 3 rings (SSSR count). The molecule has 0 radical (unpaired) electrons. The van der Waals surface area contributed by atoms with Crippen molar-refractivity contribution in [2.24, 2.45) is 5.73 Å². The number of anilines is 1. The van der Waals surface area contributed by atoms with Crippen molar-refractivity contribution in [3.63, 3.8) is 0 Å². The van der Waals surface area contributed by atoms with Crippen LogP contribution < -0.4 is 10.6 Å². The Bertz CT molecular complexity index is 836. The Morgan fingerprint density at radius 3 is 2.46 bits per heavy atom. The minimum absolute atomic E-state index is 0.0849. The van der Waals surface area contributed by atoms with Gasteiger partial charge < -0.3 is 5.73 Å². The summed E-state index contributed by atoms with van der Waals surface area (Å²) in [6.07, 6.45) is 0. The normalized spacial score (nSPS) is 13.3.